The number of halogens is 2. The molecule has 0 amide bonds. The predicted molar refractivity (Wildman–Crippen MR) is 130 cm³/mol. The summed E-state index contributed by atoms with van der Waals surface area (Å²) in [5.74, 6) is 1.44. The minimum Gasteiger partial charge on any atom is -0.348 e. The number of imidazole rings is 1. The maximum atomic E-state index is 14.2. The van der Waals surface area contributed by atoms with Crippen LogP contribution in [0, 0.1) is 11.7 Å². The molecule has 5 rings (SSSR count). The van der Waals surface area contributed by atoms with E-state index in [4.69, 9.17) is 21.6 Å². The third-order valence-electron chi connectivity index (χ3n) is 6.16. The zero-order chi connectivity index (χ0) is 22.8. The summed E-state index contributed by atoms with van der Waals surface area (Å²) in [6.07, 6.45) is 4.02. The highest BCUT2D eigenvalue weighted by Gasteiger charge is 2.22. The van der Waals surface area contributed by atoms with Gasteiger partial charge in [0.05, 0.1) is 17.3 Å². The second-order valence-electron chi connectivity index (χ2n) is 8.53. The molecule has 2 aromatic heterocycles. The summed E-state index contributed by atoms with van der Waals surface area (Å²) in [6, 6.07) is 14.2. The number of fused-ring (bicyclic) bond motifs is 1. The fraction of sp³-hybridized carbons (Fsp3) is 0.320. The molecule has 33 heavy (non-hydrogen) atoms. The fourth-order valence-corrected chi connectivity index (χ4v) is 4.67. The largest absolute Gasteiger partial charge is 0.348 e. The highest BCUT2D eigenvalue weighted by Crippen LogP contribution is 2.31. The van der Waals surface area contributed by atoms with Crippen LogP contribution >= 0.6 is 11.6 Å². The van der Waals surface area contributed by atoms with Crippen LogP contribution in [-0.2, 0) is 6.54 Å². The van der Waals surface area contributed by atoms with Crippen molar-refractivity contribution in [3.63, 3.8) is 0 Å². The molecule has 1 fully saturated rings. The molecular formula is C25H26ClFN6. The van der Waals surface area contributed by atoms with Crippen molar-refractivity contribution in [2.45, 2.75) is 32.4 Å². The van der Waals surface area contributed by atoms with Gasteiger partial charge < -0.3 is 15.2 Å². The van der Waals surface area contributed by atoms with Crippen LogP contribution < -0.4 is 10.6 Å². The van der Waals surface area contributed by atoms with Crippen molar-refractivity contribution in [2.24, 2.45) is 5.92 Å². The Bertz CT molecular complexity index is 1270. The maximum absolute atomic E-state index is 14.2. The SMILES string of the molecule is C[C@H](Nc1ncc2nc(-c3ccccc3Cl)n(C[C@@H]3CCCNC3)c2n1)c1ccccc1F. The smallest absolute Gasteiger partial charge is 0.225 e. The van der Waals surface area contributed by atoms with Gasteiger partial charge in [0.2, 0.25) is 5.95 Å². The van der Waals surface area contributed by atoms with Crippen molar-refractivity contribution in [1.29, 1.82) is 0 Å². The summed E-state index contributed by atoms with van der Waals surface area (Å²) >= 11 is 6.53. The Balaban J connectivity index is 1.54. The van der Waals surface area contributed by atoms with Gasteiger partial charge >= 0.3 is 0 Å². The molecule has 0 bridgehead atoms. The first-order valence-electron chi connectivity index (χ1n) is 11.3. The monoisotopic (exact) mass is 464 g/mol. The van der Waals surface area contributed by atoms with Gasteiger partial charge in [-0.15, -0.1) is 0 Å². The lowest BCUT2D eigenvalue weighted by atomic mass is 9.99. The zero-order valence-corrected chi connectivity index (χ0v) is 19.2. The van der Waals surface area contributed by atoms with E-state index in [1.54, 1.807) is 18.3 Å². The van der Waals surface area contributed by atoms with Gasteiger partial charge in [-0.05, 0) is 57.0 Å². The number of nitrogens with one attached hydrogen (secondary N) is 2. The summed E-state index contributed by atoms with van der Waals surface area (Å²) in [5, 5.41) is 7.38. The van der Waals surface area contributed by atoms with Gasteiger partial charge in [-0.25, -0.2) is 14.4 Å². The summed E-state index contributed by atoms with van der Waals surface area (Å²) in [5.41, 5.74) is 2.89. The van der Waals surface area contributed by atoms with E-state index in [9.17, 15) is 4.39 Å². The molecule has 0 radical (unpaired) electrons. The molecule has 2 atom stereocenters. The van der Waals surface area contributed by atoms with Crippen LogP contribution in [0.25, 0.3) is 22.6 Å². The van der Waals surface area contributed by atoms with Crippen LogP contribution in [-0.4, -0.2) is 32.6 Å². The van der Waals surface area contributed by atoms with E-state index in [0.717, 1.165) is 49.5 Å². The van der Waals surface area contributed by atoms with E-state index in [1.807, 2.05) is 37.3 Å². The molecule has 1 aliphatic heterocycles. The number of anilines is 1. The van der Waals surface area contributed by atoms with Gasteiger partial charge in [-0.2, -0.15) is 4.98 Å². The van der Waals surface area contributed by atoms with Crippen LogP contribution in [0.3, 0.4) is 0 Å². The predicted octanol–water partition coefficient (Wildman–Crippen LogP) is 5.46. The van der Waals surface area contributed by atoms with Crippen LogP contribution in [0.5, 0.6) is 0 Å². The topological polar surface area (TPSA) is 67.7 Å². The summed E-state index contributed by atoms with van der Waals surface area (Å²) in [7, 11) is 0. The van der Waals surface area contributed by atoms with Crippen LogP contribution in [0.2, 0.25) is 5.02 Å². The number of hydrogen-bond acceptors (Lipinski definition) is 5. The molecule has 0 saturated carbocycles. The minimum absolute atomic E-state index is 0.255. The number of benzene rings is 2. The Hall–Kier alpha value is -3.03. The van der Waals surface area contributed by atoms with Crippen molar-refractivity contribution >= 4 is 28.7 Å². The molecular weight excluding hydrogens is 439 g/mol. The van der Waals surface area contributed by atoms with Gasteiger partial charge in [0, 0.05) is 17.7 Å². The highest BCUT2D eigenvalue weighted by atomic mass is 35.5. The van der Waals surface area contributed by atoms with Gasteiger partial charge in [0.1, 0.15) is 17.2 Å². The maximum Gasteiger partial charge on any atom is 0.225 e. The molecule has 0 aliphatic carbocycles. The van der Waals surface area contributed by atoms with E-state index in [0.29, 0.717) is 28.0 Å². The van der Waals surface area contributed by atoms with Crippen molar-refractivity contribution in [1.82, 2.24) is 24.8 Å². The number of aromatic nitrogens is 4. The Kier molecular flexibility index (Phi) is 6.24. The third kappa shape index (κ3) is 4.56. The number of rotatable bonds is 6. The number of nitrogens with zero attached hydrogens (tertiary/aromatic N) is 4. The molecule has 0 unspecified atom stereocenters. The standard InChI is InChI=1S/C25H26ClFN6/c1-16(18-8-3-5-11-21(18)27)30-25-29-14-22-24(32-25)33(15-17-7-6-12-28-13-17)23(31-22)19-9-2-4-10-20(19)26/h2-5,8-11,14,16-17,28H,6-7,12-13,15H2,1H3,(H,29,30,32)/t16-,17+/m0/s1. The van der Waals surface area contributed by atoms with E-state index in [1.165, 1.54) is 6.07 Å². The van der Waals surface area contributed by atoms with Crippen molar-refractivity contribution in [2.75, 3.05) is 18.4 Å². The molecule has 3 heterocycles. The minimum atomic E-state index is -0.286. The molecule has 1 saturated heterocycles. The van der Waals surface area contributed by atoms with Crippen molar-refractivity contribution in [3.05, 3.63) is 71.1 Å². The lowest BCUT2D eigenvalue weighted by Crippen LogP contribution is -2.32. The van der Waals surface area contributed by atoms with Gasteiger partial charge in [0.25, 0.3) is 0 Å². The molecule has 170 valence electrons. The second kappa shape index (κ2) is 9.45. The molecule has 8 heteroatoms. The van der Waals surface area contributed by atoms with Gasteiger partial charge in [-0.1, -0.05) is 41.9 Å². The van der Waals surface area contributed by atoms with Gasteiger partial charge in [0.15, 0.2) is 5.65 Å². The zero-order valence-electron chi connectivity index (χ0n) is 18.4. The first-order valence-corrected chi connectivity index (χ1v) is 11.7. The van der Waals surface area contributed by atoms with E-state index >= 15 is 0 Å². The molecule has 1 aliphatic rings. The van der Waals surface area contributed by atoms with Crippen LogP contribution in [0.1, 0.15) is 31.4 Å². The fourth-order valence-electron chi connectivity index (χ4n) is 4.45. The van der Waals surface area contributed by atoms with Gasteiger partial charge in [-0.3, -0.25) is 0 Å². The lowest BCUT2D eigenvalue weighted by molar-refractivity contribution is 0.341. The molecule has 6 nitrogen and oxygen atoms in total. The quantitative estimate of drug-likeness (QED) is 0.396. The summed E-state index contributed by atoms with van der Waals surface area (Å²) in [6.45, 7) is 4.69. The molecule has 2 N–H and O–H groups in total. The third-order valence-corrected chi connectivity index (χ3v) is 6.49. The van der Waals surface area contributed by atoms with Crippen LogP contribution in [0.15, 0.2) is 54.7 Å². The van der Waals surface area contributed by atoms with E-state index in [2.05, 4.69) is 20.2 Å². The summed E-state index contributed by atoms with van der Waals surface area (Å²) < 4.78 is 16.4. The Morgan fingerprint density at radius 1 is 1.18 bits per heavy atom. The Labute approximate surface area is 197 Å². The number of piperidine rings is 1. The Morgan fingerprint density at radius 3 is 2.79 bits per heavy atom. The Morgan fingerprint density at radius 2 is 2.00 bits per heavy atom. The average molecular weight is 465 g/mol. The van der Waals surface area contributed by atoms with Crippen molar-refractivity contribution in [3.8, 4) is 11.4 Å². The second-order valence-corrected chi connectivity index (χ2v) is 8.94. The van der Waals surface area contributed by atoms with E-state index < -0.39 is 0 Å². The van der Waals surface area contributed by atoms with Crippen LogP contribution in [0.4, 0.5) is 10.3 Å². The molecule has 4 aromatic rings. The lowest BCUT2D eigenvalue weighted by Gasteiger charge is -2.24. The summed E-state index contributed by atoms with van der Waals surface area (Å²) in [4.78, 5) is 14.1. The highest BCUT2D eigenvalue weighted by molar-refractivity contribution is 6.33. The number of hydrogen-bond donors (Lipinski definition) is 2. The van der Waals surface area contributed by atoms with E-state index in [-0.39, 0.29) is 11.9 Å². The van der Waals surface area contributed by atoms with Crippen molar-refractivity contribution < 1.29 is 4.39 Å². The normalized spacial score (nSPS) is 17.2. The molecule has 2 aromatic carbocycles. The first kappa shape index (κ1) is 21.8. The molecule has 0 spiro atoms. The average Bonchev–Trinajstić information content (AvgIpc) is 3.17. The first-order chi connectivity index (χ1) is 16.1.